The van der Waals surface area contributed by atoms with Crippen LogP contribution in [0.15, 0.2) is 48.5 Å². The fraction of sp³-hybridized carbons (Fsp3) is 0.481. The number of benzene rings is 2. The van der Waals surface area contributed by atoms with Gasteiger partial charge in [-0.25, -0.2) is 8.42 Å². The SMILES string of the molecule is Cc1ccc(CN(C(=O)CN(c2ccc(C(C)(C)C)cc2)S(C)(=O)=O)[C@H](C)C(=O)NC(C)C)cc1. The van der Waals surface area contributed by atoms with E-state index in [0.29, 0.717) is 5.69 Å². The lowest BCUT2D eigenvalue weighted by Crippen LogP contribution is -2.52. The van der Waals surface area contributed by atoms with Crippen LogP contribution < -0.4 is 9.62 Å². The molecule has 0 aliphatic carbocycles. The van der Waals surface area contributed by atoms with Crippen LogP contribution in [0.4, 0.5) is 5.69 Å². The highest BCUT2D eigenvalue weighted by atomic mass is 32.2. The third-order valence-corrected chi connectivity index (χ3v) is 6.91. The lowest BCUT2D eigenvalue weighted by atomic mass is 9.87. The molecule has 2 rings (SSSR count). The number of aryl methyl sites for hydroxylation is 1. The Balaban J connectivity index is 2.39. The summed E-state index contributed by atoms with van der Waals surface area (Å²) in [6.07, 6.45) is 1.08. The Hall–Kier alpha value is -2.87. The Labute approximate surface area is 210 Å². The largest absolute Gasteiger partial charge is 0.352 e. The van der Waals surface area contributed by atoms with Crippen LogP contribution in [0.5, 0.6) is 0 Å². The van der Waals surface area contributed by atoms with Crippen LogP contribution >= 0.6 is 0 Å². The molecule has 0 unspecified atom stereocenters. The number of sulfonamides is 1. The van der Waals surface area contributed by atoms with Crippen LogP contribution in [0, 0.1) is 6.92 Å². The van der Waals surface area contributed by atoms with Crippen molar-refractivity contribution in [3.63, 3.8) is 0 Å². The molecule has 192 valence electrons. The van der Waals surface area contributed by atoms with E-state index in [2.05, 4.69) is 26.1 Å². The van der Waals surface area contributed by atoms with Gasteiger partial charge >= 0.3 is 0 Å². The maximum Gasteiger partial charge on any atom is 0.244 e. The van der Waals surface area contributed by atoms with E-state index >= 15 is 0 Å². The summed E-state index contributed by atoms with van der Waals surface area (Å²) in [6.45, 7) is 13.3. The number of amides is 2. The van der Waals surface area contributed by atoms with Gasteiger partial charge in [-0.15, -0.1) is 0 Å². The summed E-state index contributed by atoms with van der Waals surface area (Å²) in [5, 5.41) is 2.84. The zero-order valence-electron chi connectivity index (χ0n) is 22.1. The fourth-order valence-corrected chi connectivity index (χ4v) is 4.47. The first-order valence-corrected chi connectivity index (χ1v) is 13.7. The van der Waals surface area contributed by atoms with Crippen LogP contribution in [0.2, 0.25) is 0 Å². The maximum absolute atomic E-state index is 13.5. The number of hydrogen-bond acceptors (Lipinski definition) is 4. The van der Waals surface area contributed by atoms with Gasteiger partial charge in [0.05, 0.1) is 11.9 Å². The van der Waals surface area contributed by atoms with Crippen molar-refractivity contribution in [2.45, 2.75) is 72.5 Å². The fourth-order valence-electron chi connectivity index (χ4n) is 3.62. The van der Waals surface area contributed by atoms with Crippen LogP contribution in [0.3, 0.4) is 0 Å². The first-order valence-electron chi connectivity index (χ1n) is 11.8. The molecule has 35 heavy (non-hydrogen) atoms. The molecule has 0 radical (unpaired) electrons. The van der Waals surface area contributed by atoms with E-state index in [0.717, 1.165) is 27.3 Å². The molecule has 1 N–H and O–H groups in total. The number of carbonyl (C=O) groups excluding carboxylic acids is 2. The van der Waals surface area contributed by atoms with Crippen molar-refractivity contribution in [2.75, 3.05) is 17.1 Å². The standard InChI is InChI=1S/C27H39N3O4S/c1-19(2)28-26(32)21(4)29(17-22-11-9-20(3)10-12-22)25(31)18-30(35(8,33)34)24-15-13-23(14-16-24)27(5,6)7/h9-16,19,21H,17-18H2,1-8H3,(H,28,32)/t21-/m1/s1. The van der Waals surface area contributed by atoms with Crippen molar-refractivity contribution in [1.29, 1.82) is 0 Å². The molecule has 0 spiro atoms. The molecule has 1 atom stereocenters. The highest BCUT2D eigenvalue weighted by molar-refractivity contribution is 7.92. The van der Waals surface area contributed by atoms with E-state index in [1.54, 1.807) is 19.1 Å². The minimum atomic E-state index is -3.75. The van der Waals surface area contributed by atoms with E-state index in [1.165, 1.54) is 4.90 Å². The van der Waals surface area contributed by atoms with Gasteiger partial charge in [-0.05, 0) is 56.4 Å². The molecular formula is C27H39N3O4S. The van der Waals surface area contributed by atoms with E-state index in [4.69, 9.17) is 0 Å². The lowest BCUT2D eigenvalue weighted by molar-refractivity contribution is -0.139. The third-order valence-electron chi connectivity index (χ3n) is 5.77. The second-order valence-electron chi connectivity index (χ2n) is 10.4. The van der Waals surface area contributed by atoms with Gasteiger partial charge < -0.3 is 10.2 Å². The van der Waals surface area contributed by atoms with Gasteiger partial charge in [0.1, 0.15) is 12.6 Å². The molecule has 0 aliphatic heterocycles. The Morgan fingerprint density at radius 3 is 1.94 bits per heavy atom. The Morgan fingerprint density at radius 2 is 1.49 bits per heavy atom. The van der Waals surface area contributed by atoms with Crippen molar-refractivity contribution in [1.82, 2.24) is 10.2 Å². The average molecular weight is 502 g/mol. The van der Waals surface area contributed by atoms with Crippen molar-refractivity contribution >= 4 is 27.5 Å². The van der Waals surface area contributed by atoms with Crippen molar-refractivity contribution < 1.29 is 18.0 Å². The van der Waals surface area contributed by atoms with Crippen LogP contribution in [0.1, 0.15) is 58.2 Å². The van der Waals surface area contributed by atoms with Crippen LogP contribution in [0.25, 0.3) is 0 Å². The number of carbonyl (C=O) groups is 2. The molecule has 7 nitrogen and oxygen atoms in total. The van der Waals surface area contributed by atoms with Gasteiger partial charge in [-0.1, -0.05) is 62.7 Å². The van der Waals surface area contributed by atoms with Crippen molar-refractivity contribution in [2.24, 2.45) is 0 Å². The van der Waals surface area contributed by atoms with Gasteiger partial charge in [0.15, 0.2) is 0 Å². The number of rotatable bonds is 9. The molecule has 0 saturated carbocycles. The quantitative estimate of drug-likeness (QED) is 0.563. The predicted molar refractivity (Wildman–Crippen MR) is 142 cm³/mol. The smallest absolute Gasteiger partial charge is 0.244 e. The van der Waals surface area contributed by atoms with E-state index in [9.17, 15) is 18.0 Å². The normalized spacial score (nSPS) is 12.8. The lowest BCUT2D eigenvalue weighted by Gasteiger charge is -2.32. The zero-order chi connectivity index (χ0) is 26.6. The van der Waals surface area contributed by atoms with Gasteiger partial charge in [0.2, 0.25) is 21.8 Å². The molecule has 0 aliphatic rings. The highest BCUT2D eigenvalue weighted by Gasteiger charge is 2.30. The maximum atomic E-state index is 13.5. The van der Waals surface area contributed by atoms with Crippen LogP contribution in [-0.4, -0.2) is 50.0 Å². The molecule has 2 amide bonds. The number of nitrogens with zero attached hydrogens (tertiary/aromatic N) is 2. The molecule has 8 heteroatoms. The van der Waals surface area contributed by atoms with E-state index < -0.39 is 28.5 Å². The molecule has 0 heterocycles. The first kappa shape index (κ1) is 28.4. The summed E-state index contributed by atoms with van der Waals surface area (Å²) in [4.78, 5) is 27.8. The average Bonchev–Trinajstić information content (AvgIpc) is 2.74. The second kappa shape index (κ2) is 11.2. The topological polar surface area (TPSA) is 86.8 Å². The summed E-state index contributed by atoms with van der Waals surface area (Å²) in [6, 6.07) is 14.0. The summed E-state index contributed by atoms with van der Waals surface area (Å²) >= 11 is 0. The second-order valence-corrected chi connectivity index (χ2v) is 12.3. The van der Waals surface area contributed by atoms with E-state index in [1.807, 2.05) is 57.2 Å². The summed E-state index contributed by atoms with van der Waals surface area (Å²) in [5.41, 5.74) is 3.31. The van der Waals surface area contributed by atoms with Gasteiger partial charge in [-0.2, -0.15) is 0 Å². The van der Waals surface area contributed by atoms with Gasteiger partial charge in [-0.3, -0.25) is 13.9 Å². The number of hydrogen-bond donors (Lipinski definition) is 1. The van der Waals surface area contributed by atoms with Crippen LogP contribution in [-0.2, 0) is 31.6 Å². The molecule has 0 fully saturated rings. The molecule has 0 bridgehead atoms. The monoisotopic (exact) mass is 501 g/mol. The summed E-state index contributed by atoms with van der Waals surface area (Å²) in [7, 11) is -3.75. The van der Waals surface area contributed by atoms with Crippen molar-refractivity contribution in [3.8, 4) is 0 Å². The zero-order valence-corrected chi connectivity index (χ0v) is 22.9. The summed E-state index contributed by atoms with van der Waals surface area (Å²) in [5.74, 6) is -0.747. The minimum Gasteiger partial charge on any atom is -0.352 e. The Kier molecular flexibility index (Phi) is 9.11. The van der Waals surface area contributed by atoms with Gasteiger partial charge in [0, 0.05) is 12.6 Å². The molecular weight excluding hydrogens is 462 g/mol. The number of nitrogens with one attached hydrogen (secondary N) is 1. The number of anilines is 1. The molecule has 2 aromatic carbocycles. The molecule has 0 aromatic heterocycles. The first-order chi connectivity index (χ1) is 16.1. The molecule has 2 aromatic rings. The van der Waals surface area contributed by atoms with E-state index in [-0.39, 0.29) is 23.9 Å². The van der Waals surface area contributed by atoms with Gasteiger partial charge in [0.25, 0.3) is 0 Å². The molecule has 0 saturated heterocycles. The predicted octanol–water partition coefficient (Wildman–Crippen LogP) is 4.00. The Morgan fingerprint density at radius 1 is 0.943 bits per heavy atom. The third kappa shape index (κ3) is 8.09. The summed E-state index contributed by atoms with van der Waals surface area (Å²) < 4.78 is 26.5. The minimum absolute atomic E-state index is 0.0878. The Bertz CT molecular complexity index is 1120. The highest BCUT2D eigenvalue weighted by Crippen LogP contribution is 2.26. The van der Waals surface area contributed by atoms with Crippen molar-refractivity contribution in [3.05, 3.63) is 65.2 Å².